The van der Waals surface area contributed by atoms with Crippen molar-refractivity contribution >= 4 is 5.78 Å². The van der Waals surface area contributed by atoms with Crippen molar-refractivity contribution < 1.29 is 24.5 Å². The number of carbonyl (C=O) groups is 1. The molecule has 5 nitrogen and oxygen atoms in total. The molecule has 0 aromatic carbocycles. The van der Waals surface area contributed by atoms with Gasteiger partial charge in [0, 0.05) is 0 Å². The van der Waals surface area contributed by atoms with Crippen LogP contribution in [0.25, 0.3) is 0 Å². The molecule has 0 aliphatic carbocycles. The molecule has 5 heteroatoms. The van der Waals surface area contributed by atoms with Crippen molar-refractivity contribution in [3.05, 3.63) is 0 Å². The van der Waals surface area contributed by atoms with Crippen LogP contribution in [0.15, 0.2) is 0 Å². The highest BCUT2D eigenvalue weighted by atomic mass is 16.7. The molecule has 1 rings (SSSR count). The van der Waals surface area contributed by atoms with E-state index in [-0.39, 0.29) is 6.61 Å². The fourth-order valence-corrected chi connectivity index (χ4v) is 1.24. The minimum atomic E-state index is -1.76. The molecular weight excluding hydrogens is 188 g/mol. The van der Waals surface area contributed by atoms with Crippen LogP contribution in [0.3, 0.4) is 0 Å². The molecule has 0 spiro atoms. The van der Waals surface area contributed by atoms with E-state index in [1.165, 1.54) is 6.92 Å². The molecule has 0 radical (unpaired) electrons. The first-order chi connectivity index (χ1) is 6.28. The Bertz CT molecular complexity index is 233. The van der Waals surface area contributed by atoms with E-state index in [4.69, 9.17) is 14.6 Å². The Morgan fingerprint density at radius 3 is 2.57 bits per heavy atom. The second kappa shape index (κ2) is 3.58. The fraction of sp³-hybridized carbons (Fsp3) is 0.889. The maximum atomic E-state index is 11.6. The molecule has 1 heterocycles. The molecule has 14 heavy (non-hydrogen) atoms. The summed E-state index contributed by atoms with van der Waals surface area (Å²) in [4.78, 5) is 11.6. The van der Waals surface area contributed by atoms with Gasteiger partial charge in [-0.15, -0.1) is 0 Å². The molecule has 0 bridgehead atoms. The van der Waals surface area contributed by atoms with Crippen LogP contribution < -0.4 is 0 Å². The maximum absolute atomic E-state index is 11.6. The summed E-state index contributed by atoms with van der Waals surface area (Å²) in [6.07, 6.45) is -0.799. The molecule has 82 valence electrons. The largest absolute Gasteiger partial charge is 0.393 e. The Labute approximate surface area is 82.6 Å². The molecule has 2 N–H and O–H groups in total. The smallest absolute Gasteiger partial charge is 0.197 e. The molecule has 0 amide bonds. The summed E-state index contributed by atoms with van der Waals surface area (Å²) < 4.78 is 10.4. The Morgan fingerprint density at radius 1 is 1.64 bits per heavy atom. The average molecular weight is 204 g/mol. The summed E-state index contributed by atoms with van der Waals surface area (Å²) in [5.41, 5.74) is -1.76. The van der Waals surface area contributed by atoms with Gasteiger partial charge in [0.05, 0.1) is 13.2 Å². The lowest BCUT2D eigenvalue weighted by molar-refractivity contribution is -0.165. The standard InChI is InChI=1S/C9H16O5/c1-8(2)13-4-6(14-8)7(11)9(3,12)5-10/h6,10,12H,4-5H2,1-3H3/t6-,9+/m0/s1. The van der Waals surface area contributed by atoms with E-state index in [9.17, 15) is 9.90 Å². The molecule has 1 aliphatic rings. The van der Waals surface area contributed by atoms with Crippen LogP contribution in [0, 0.1) is 0 Å². The first-order valence-electron chi connectivity index (χ1n) is 4.48. The lowest BCUT2D eigenvalue weighted by Crippen LogP contribution is -2.46. The van der Waals surface area contributed by atoms with Gasteiger partial charge in [-0.25, -0.2) is 0 Å². The van der Waals surface area contributed by atoms with Gasteiger partial charge >= 0.3 is 0 Å². The topological polar surface area (TPSA) is 76.0 Å². The number of rotatable bonds is 3. The molecule has 1 saturated heterocycles. The maximum Gasteiger partial charge on any atom is 0.197 e. The van der Waals surface area contributed by atoms with E-state index in [1.54, 1.807) is 13.8 Å². The molecule has 0 unspecified atom stereocenters. The van der Waals surface area contributed by atoms with Crippen molar-refractivity contribution in [2.45, 2.75) is 38.3 Å². The molecule has 2 atom stereocenters. The molecule has 0 aromatic heterocycles. The predicted octanol–water partition coefficient (Wildman–Crippen LogP) is -0.550. The molecule has 1 aliphatic heterocycles. The van der Waals surface area contributed by atoms with Crippen LogP contribution in [-0.4, -0.2) is 46.7 Å². The highest BCUT2D eigenvalue weighted by molar-refractivity contribution is 5.91. The Morgan fingerprint density at radius 2 is 2.21 bits per heavy atom. The van der Waals surface area contributed by atoms with Crippen molar-refractivity contribution in [1.29, 1.82) is 0 Å². The third-order valence-corrected chi connectivity index (χ3v) is 2.14. The number of carbonyl (C=O) groups excluding carboxylic acids is 1. The van der Waals surface area contributed by atoms with E-state index in [0.29, 0.717) is 0 Å². The molecule has 0 aromatic rings. The molecule has 0 saturated carbocycles. The number of hydrogen-bond donors (Lipinski definition) is 2. The predicted molar refractivity (Wildman–Crippen MR) is 47.6 cm³/mol. The van der Waals surface area contributed by atoms with Crippen LogP contribution >= 0.6 is 0 Å². The molecule has 1 fully saturated rings. The lowest BCUT2D eigenvalue weighted by atomic mass is 9.98. The van der Waals surface area contributed by atoms with Gasteiger partial charge in [0.2, 0.25) is 0 Å². The Balaban J connectivity index is 2.65. The summed E-state index contributed by atoms with van der Waals surface area (Å²) in [7, 11) is 0. The number of Topliss-reactive ketones (excluding diaryl/α,β-unsaturated/α-hetero) is 1. The summed E-state index contributed by atoms with van der Waals surface area (Å²) in [5.74, 6) is -1.35. The van der Waals surface area contributed by atoms with Gasteiger partial charge < -0.3 is 19.7 Å². The summed E-state index contributed by atoms with van der Waals surface area (Å²) in [5, 5.41) is 18.3. The van der Waals surface area contributed by atoms with Crippen molar-refractivity contribution in [1.82, 2.24) is 0 Å². The van der Waals surface area contributed by atoms with Gasteiger partial charge in [-0.1, -0.05) is 0 Å². The zero-order valence-electron chi connectivity index (χ0n) is 8.61. The third kappa shape index (κ3) is 2.30. The lowest BCUT2D eigenvalue weighted by Gasteiger charge is -2.22. The number of hydrogen-bond acceptors (Lipinski definition) is 5. The van der Waals surface area contributed by atoms with Crippen LogP contribution in [0.2, 0.25) is 0 Å². The number of aliphatic hydroxyl groups is 2. The minimum absolute atomic E-state index is 0.113. The zero-order chi connectivity index (χ0) is 11.0. The first kappa shape index (κ1) is 11.6. The minimum Gasteiger partial charge on any atom is -0.393 e. The zero-order valence-corrected chi connectivity index (χ0v) is 8.61. The monoisotopic (exact) mass is 204 g/mol. The van der Waals surface area contributed by atoms with Crippen molar-refractivity contribution in [3.63, 3.8) is 0 Å². The summed E-state index contributed by atoms with van der Waals surface area (Å²) in [6, 6.07) is 0. The fourth-order valence-electron chi connectivity index (χ4n) is 1.24. The van der Waals surface area contributed by atoms with Crippen molar-refractivity contribution in [2.24, 2.45) is 0 Å². The van der Waals surface area contributed by atoms with E-state index in [1.807, 2.05) is 0 Å². The first-order valence-corrected chi connectivity index (χ1v) is 4.48. The second-order valence-corrected chi connectivity index (χ2v) is 4.11. The second-order valence-electron chi connectivity index (χ2n) is 4.11. The Hall–Kier alpha value is -0.490. The van der Waals surface area contributed by atoms with E-state index in [2.05, 4.69) is 0 Å². The van der Waals surface area contributed by atoms with Crippen LogP contribution in [0.1, 0.15) is 20.8 Å². The normalized spacial score (nSPS) is 29.9. The quantitative estimate of drug-likeness (QED) is 0.645. The van der Waals surface area contributed by atoms with Gasteiger partial charge in [-0.2, -0.15) is 0 Å². The summed E-state index contributed by atoms with van der Waals surface area (Å²) in [6.45, 7) is 4.12. The number of ketones is 1. The highest BCUT2D eigenvalue weighted by Gasteiger charge is 2.43. The number of aliphatic hydroxyl groups excluding tert-OH is 1. The van der Waals surface area contributed by atoms with Crippen LogP contribution in [0.5, 0.6) is 0 Å². The SMILES string of the molecule is CC1(C)OC[C@@H](C(=O)[C@](C)(O)CO)O1. The average Bonchev–Trinajstić information content (AvgIpc) is 2.44. The molecular formula is C9H16O5. The van der Waals surface area contributed by atoms with Gasteiger partial charge in [0.15, 0.2) is 11.6 Å². The summed E-state index contributed by atoms with van der Waals surface area (Å²) >= 11 is 0. The third-order valence-electron chi connectivity index (χ3n) is 2.14. The van der Waals surface area contributed by atoms with Crippen LogP contribution in [0.4, 0.5) is 0 Å². The highest BCUT2D eigenvalue weighted by Crippen LogP contribution is 2.25. The van der Waals surface area contributed by atoms with Gasteiger partial charge in [0.1, 0.15) is 11.7 Å². The van der Waals surface area contributed by atoms with E-state index < -0.39 is 29.9 Å². The number of ether oxygens (including phenoxy) is 2. The van der Waals surface area contributed by atoms with Gasteiger partial charge in [-0.3, -0.25) is 4.79 Å². The van der Waals surface area contributed by atoms with Crippen molar-refractivity contribution in [3.8, 4) is 0 Å². The van der Waals surface area contributed by atoms with E-state index >= 15 is 0 Å². The van der Waals surface area contributed by atoms with Gasteiger partial charge in [0.25, 0.3) is 0 Å². The van der Waals surface area contributed by atoms with Crippen LogP contribution in [-0.2, 0) is 14.3 Å². The van der Waals surface area contributed by atoms with E-state index in [0.717, 1.165) is 0 Å². The van der Waals surface area contributed by atoms with Gasteiger partial charge in [-0.05, 0) is 20.8 Å². The Kier molecular flexibility index (Phi) is 2.96. The van der Waals surface area contributed by atoms with Crippen molar-refractivity contribution in [2.75, 3.05) is 13.2 Å².